The van der Waals surface area contributed by atoms with Crippen LogP contribution in [0.25, 0.3) is 0 Å². The van der Waals surface area contributed by atoms with Crippen molar-refractivity contribution in [2.24, 2.45) is 0 Å². The molecular formula is C12H22O5S. The summed E-state index contributed by atoms with van der Waals surface area (Å²) in [6.07, 6.45) is 4.75. The van der Waals surface area contributed by atoms with Gasteiger partial charge in [0.05, 0.1) is 6.42 Å². The van der Waals surface area contributed by atoms with Gasteiger partial charge in [-0.3, -0.25) is 4.79 Å². The summed E-state index contributed by atoms with van der Waals surface area (Å²) in [4.78, 5) is 21.5. The highest BCUT2D eigenvalue weighted by Crippen LogP contribution is 2.26. The van der Waals surface area contributed by atoms with E-state index in [9.17, 15) is 14.7 Å². The normalized spacial score (nSPS) is 15.9. The summed E-state index contributed by atoms with van der Waals surface area (Å²) in [7, 11) is 0. The number of rotatable bonds is 10. The minimum Gasteiger partial charge on any atom is -0.481 e. The number of thioether (sulfide) groups is 1. The molecular weight excluding hydrogens is 256 g/mol. The zero-order valence-corrected chi connectivity index (χ0v) is 11.7. The highest BCUT2D eigenvalue weighted by atomic mass is 32.2. The molecule has 0 spiro atoms. The van der Waals surface area contributed by atoms with E-state index in [0.717, 1.165) is 19.3 Å². The zero-order chi connectivity index (χ0) is 14.2. The van der Waals surface area contributed by atoms with Crippen LogP contribution in [-0.4, -0.2) is 44.4 Å². The first-order chi connectivity index (χ1) is 8.35. The largest absolute Gasteiger partial charge is 0.481 e. The van der Waals surface area contributed by atoms with Crippen molar-refractivity contribution >= 4 is 23.7 Å². The molecule has 2 unspecified atom stereocenters. The molecule has 3 N–H and O–H groups in total. The van der Waals surface area contributed by atoms with Crippen molar-refractivity contribution in [1.82, 2.24) is 0 Å². The minimum atomic E-state index is -2.15. The third-order valence-corrected chi connectivity index (χ3v) is 4.07. The van der Waals surface area contributed by atoms with E-state index in [2.05, 4.69) is 6.92 Å². The van der Waals surface area contributed by atoms with E-state index < -0.39 is 24.0 Å². The number of carboxylic acids is 2. The number of hydrogen-bond donors (Lipinski definition) is 3. The average Bonchev–Trinajstić information content (AvgIpc) is 2.28. The summed E-state index contributed by atoms with van der Waals surface area (Å²) in [6.45, 7) is 2.08. The molecule has 0 aliphatic rings. The van der Waals surface area contributed by atoms with Crippen LogP contribution in [0.2, 0.25) is 0 Å². The minimum absolute atomic E-state index is 0.0240. The number of carboxylic acid groups (broad SMARTS) is 2. The smallest absolute Gasteiger partial charge is 0.336 e. The van der Waals surface area contributed by atoms with Gasteiger partial charge >= 0.3 is 11.9 Å². The second-order valence-corrected chi connectivity index (χ2v) is 5.58. The van der Waals surface area contributed by atoms with Crippen molar-refractivity contribution in [1.29, 1.82) is 0 Å². The van der Waals surface area contributed by atoms with Crippen molar-refractivity contribution in [3.63, 3.8) is 0 Å². The lowest BCUT2D eigenvalue weighted by atomic mass is 9.92. The lowest BCUT2D eigenvalue weighted by molar-refractivity contribution is -0.166. The van der Waals surface area contributed by atoms with Crippen LogP contribution in [0.1, 0.15) is 45.4 Å². The second kappa shape index (κ2) is 8.37. The molecule has 0 aromatic heterocycles. The van der Waals surface area contributed by atoms with E-state index in [-0.39, 0.29) is 11.7 Å². The van der Waals surface area contributed by atoms with Crippen LogP contribution < -0.4 is 0 Å². The molecule has 0 saturated heterocycles. The Kier molecular flexibility index (Phi) is 8.02. The predicted octanol–water partition coefficient (Wildman–Crippen LogP) is 1.98. The Morgan fingerprint density at radius 3 is 2.28 bits per heavy atom. The Balaban J connectivity index is 4.41. The van der Waals surface area contributed by atoms with E-state index in [4.69, 9.17) is 10.2 Å². The summed E-state index contributed by atoms with van der Waals surface area (Å²) in [5.41, 5.74) is -2.15. The van der Waals surface area contributed by atoms with E-state index >= 15 is 0 Å². The van der Waals surface area contributed by atoms with Crippen LogP contribution in [0, 0.1) is 0 Å². The molecule has 0 aromatic rings. The van der Waals surface area contributed by atoms with Crippen LogP contribution in [0.5, 0.6) is 0 Å². The molecule has 0 aromatic carbocycles. The van der Waals surface area contributed by atoms with Gasteiger partial charge in [-0.25, -0.2) is 4.79 Å². The van der Waals surface area contributed by atoms with Crippen LogP contribution in [-0.2, 0) is 9.59 Å². The molecule has 0 rings (SSSR count). The molecule has 5 nitrogen and oxygen atoms in total. The fourth-order valence-electron chi connectivity index (χ4n) is 1.73. The highest BCUT2D eigenvalue weighted by molar-refractivity contribution is 7.99. The quantitative estimate of drug-likeness (QED) is 0.565. The Bertz CT molecular complexity index is 282. The fourth-order valence-corrected chi connectivity index (χ4v) is 2.49. The first-order valence-electron chi connectivity index (χ1n) is 6.06. The lowest BCUT2D eigenvalue weighted by Crippen LogP contribution is -2.41. The Hall–Kier alpha value is -0.750. The molecule has 0 radical (unpaired) electrons. The maximum absolute atomic E-state index is 11.0. The molecule has 106 valence electrons. The fraction of sp³-hybridized carbons (Fsp3) is 0.833. The van der Waals surface area contributed by atoms with Gasteiger partial charge in [0.25, 0.3) is 0 Å². The summed E-state index contributed by atoms with van der Waals surface area (Å²) < 4.78 is 0. The molecule has 6 heteroatoms. The van der Waals surface area contributed by atoms with E-state index in [1.165, 1.54) is 0 Å². The molecule has 0 saturated carbocycles. The average molecular weight is 278 g/mol. The van der Waals surface area contributed by atoms with Crippen molar-refractivity contribution < 1.29 is 24.9 Å². The summed E-state index contributed by atoms with van der Waals surface area (Å²) in [5, 5.41) is 27.7. The molecule has 2 atom stereocenters. The topological polar surface area (TPSA) is 94.8 Å². The van der Waals surface area contributed by atoms with Crippen molar-refractivity contribution in [2.75, 3.05) is 6.26 Å². The zero-order valence-electron chi connectivity index (χ0n) is 10.9. The van der Waals surface area contributed by atoms with E-state index in [0.29, 0.717) is 6.42 Å². The van der Waals surface area contributed by atoms with Gasteiger partial charge in [0.1, 0.15) is 0 Å². The third-order valence-electron chi connectivity index (χ3n) is 2.93. The molecule has 0 fully saturated rings. The Morgan fingerprint density at radius 1 is 1.28 bits per heavy atom. The van der Waals surface area contributed by atoms with Crippen LogP contribution in [0.4, 0.5) is 0 Å². The number of aliphatic hydroxyl groups is 1. The molecule has 0 aliphatic carbocycles. The second-order valence-electron chi connectivity index (χ2n) is 4.45. The van der Waals surface area contributed by atoms with Crippen molar-refractivity contribution in [3.8, 4) is 0 Å². The summed E-state index contributed by atoms with van der Waals surface area (Å²) in [6, 6.07) is 0. The van der Waals surface area contributed by atoms with Gasteiger partial charge in [0, 0.05) is 5.25 Å². The maximum atomic E-state index is 11.0. The molecule has 0 amide bonds. The highest BCUT2D eigenvalue weighted by Gasteiger charge is 2.38. The van der Waals surface area contributed by atoms with Crippen molar-refractivity contribution in [3.05, 3.63) is 0 Å². The summed E-state index contributed by atoms with van der Waals surface area (Å²) in [5.74, 6) is -2.76. The first-order valence-corrected chi connectivity index (χ1v) is 7.35. The van der Waals surface area contributed by atoms with Gasteiger partial charge in [0.15, 0.2) is 5.60 Å². The van der Waals surface area contributed by atoms with Gasteiger partial charge in [-0.1, -0.05) is 19.8 Å². The van der Waals surface area contributed by atoms with Crippen LogP contribution in [0.15, 0.2) is 0 Å². The van der Waals surface area contributed by atoms with Gasteiger partial charge in [-0.15, -0.1) is 0 Å². The van der Waals surface area contributed by atoms with E-state index in [1.54, 1.807) is 11.8 Å². The first kappa shape index (κ1) is 17.2. The number of unbranched alkanes of at least 4 members (excludes halogenated alkanes) is 1. The lowest BCUT2D eigenvalue weighted by Gasteiger charge is -2.23. The van der Waals surface area contributed by atoms with Gasteiger partial charge < -0.3 is 15.3 Å². The molecule has 18 heavy (non-hydrogen) atoms. The number of hydrogen-bond acceptors (Lipinski definition) is 4. The standard InChI is InChI=1S/C12H22O5S/c1-3-4-5-9(18-2)6-7-12(17,11(15)16)8-10(13)14/h9,17H,3-8H2,1-2H3,(H,13,14)(H,15,16). The van der Waals surface area contributed by atoms with Gasteiger partial charge in [0.2, 0.25) is 0 Å². The molecule has 0 aliphatic heterocycles. The Morgan fingerprint density at radius 2 is 1.89 bits per heavy atom. The van der Waals surface area contributed by atoms with Crippen LogP contribution >= 0.6 is 11.8 Å². The van der Waals surface area contributed by atoms with Crippen molar-refractivity contribution in [2.45, 2.75) is 56.3 Å². The SMILES string of the molecule is CCCCC(CCC(O)(CC(=O)O)C(=O)O)SC. The maximum Gasteiger partial charge on any atom is 0.336 e. The van der Waals surface area contributed by atoms with E-state index in [1.807, 2.05) is 6.26 Å². The monoisotopic (exact) mass is 278 g/mol. The molecule has 0 heterocycles. The third kappa shape index (κ3) is 6.26. The Labute approximate surface area is 112 Å². The number of aliphatic carboxylic acids is 2. The number of carbonyl (C=O) groups is 2. The van der Waals surface area contributed by atoms with Gasteiger partial charge in [-0.05, 0) is 25.5 Å². The summed E-state index contributed by atoms with van der Waals surface area (Å²) >= 11 is 1.63. The predicted molar refractivity (Wildman–Crippen MR) is 70.9 cm³/mol. The molecule has 0 bridgehead atoms. The van der Waals surface area contributed by atoms with Gasteiger partial charge in [-0.2, -0.15) is 11.8 Å². The van der Waals surface area contributed by atoms with Crippen LogP contribution in [0.3, 0.4) is 0 Å².